The summed E-state index contributed by atoms with van der Waals surface area (Å²) in [5.74, 6) is 0.162. The third kappa shape index (κ3) is 5.26. The van der Waals surface area contributed by atoms with E-state index >= 15 is 0 Å². The van der Waals surface area contributed by atoms with Crippen LogP contribution in [0.25, 0.3) is 0 Å². The lowest BCUT2D eigenvalue weighted by Gasteiger charge is -2.10. The minimum atomic E-state index is -4.49. The SMILES string of the molecule is OP(O)(=S)Oc1ccc(Sc2cccc(C(F)(F)F)n2)cc1. The third-order valence-corrected chi connectivity index (χ3v) is 3.90. The largest absolute Gasteiger partial charge is 0.433 e. The molecule has 4 nitrogen and oxygen atoms in total. The second-order valence-corrected chi connectivity index (χ2v) is 7.70. The quantitative estimate of drug-likeness (QED) is 0.801. The molecular formula is C12H9F3NO3PS2. The molecular weight excluding hydrogens is 358 g/mol. The van der Waals surface area contributed by atoms with Gasteiger partial charge >= 0.3 is 12.9 Å². The van der Waals surface area contributed by atoms with Crippen molar-refractivity contribution in [1.82, 2.24) is 4.98 Å². The molecule has 0 fully saturated rings. The van der Waals surface area contributed by atoms with Crippen LogP contribution in [0.3, 0.4) is 0 Å². The second kappa shape index (κ2) is 6.55. The number of pyridine rings is 1. The van der Waals surface area contributed by atoms with Gasteiger partial charge < -0.3 is 14.3 Å². The van der Waals surface area contributed by atoms with E-state index in [2.05, 4.69) is 16.8 Å². The Bertz CT molecular complexity index is 704. The average Bonchev–Trinajstić information content (AvgIpc) is 2.39. The van der Waals surface area contributed by atoms with Crippen LogP contribution in [0, 0.1) is 0 Å². The first-order valence-corrected chi connectivity index (χ1v) is 9.15. The van der Waals surface area contributed by atoms with Gasteiger partial charge in [0.05, 0.1) is 0 Å². The Hall–Kier alpha value is -1.12. The number of alkyl halides is 3. The molecule has 1 aromatic carbocycles. The fourth-order valence-corrected chi connectivity index (χ4v) is 2.91. The van der Waals surface area contributed by atoms with Crippen molar-refractivity contribution in [3.05, 3.63) is 48.2 Å². The Morgan fingerprint density at radius 2 is 1.73 bits per heavy atom. The molecule has 0 atom stereocenters. The van der Waals surface area contributed by atoms with Crippen molar-refractivity contribution in [3.63, 3.8) is 0 Å². The molecule has 2 aromatic rings. The second-order valence-electron chi connectivity index (χ2n) is 4.01. The predicted molar refractivity (Wildman–Crippen MR) is 79.2 cm³/mol. The van der Waals surface area contributed by atoms with Gasteiger partial charge in [0.25, 0.3) is 0 Å². The highest BCUT2D eigenvalue weighted by Crippen LogP contribution is 2.39. The molecule has 118 valence electrons. The topological polar surface area (TPSA) is 62.6 Å². The summed E-state index contributed by atoms with van der Waals surface area (Å²) in [7, 11) is 0. The highest BCUT2D eigenvalue weighted by atomic mass is 32.5. The zero-order valence-electron chi connectivity index (χ0n) is 10.7. The Morgan fingerprint density at radius 1 is 1.09 bits per heavy atom. The van der Waals surface area contributed by atoms with Gasteiger partial charge in [-0.15, -0.1) is 0 Å². The summed E-state index contributed by atoms with van der Waals surface area (Å²) in [6.45, 7) is -3.81. The van der Waals surface area contributed by atoms with E-state index in [4.69, 9.17) is 14.3 Å². The van der Waals surface area contributed by atoms with Gasteiger partial charge in [0.1, 0.15) is 16.5 Å². The monoisotopic (exact) mass is 367 g/mol. The standard InChI is InChI=1S/C12H9F3NO3PS2/c13-12(14,15)10-2-1-3-11(16-10)22-9-6-4-8(5-7-9)19-20(17,18)21/h1-7H,(H2,17,18,21). The van der Waals surface area contributed by atoms with Crippen LogP contribution in [-0.2, 0) is 18.0 Å². The van der Waals surface area contributed by atoms with Crippen LogP contribution in [0.4, 0.5) is 13.2 Å². The number of benzene rings is 1. The molecule has 0 amide bonds. The lowest BCUT2D eigenvalue weighted by molar-refractivity contribution is -0.141. The van der Waals surface area contributed by atoms with E-state index < -0.39 is 18.6 Å². The predicted octanol–water partition coefficient (Wildman–Crippen LogP) is 3.84. The van der Waals surface area contributed by atoms with E-state index in [1.165, 1.54) is 24.3 Å². The molecule has 1 aromatic heterocycles. The first-order chi connectivity index (χ1) is 10.1. The molecule has 0 saturated carbocycles. The number of halogens is 3. The average molecular weight is 367 g/mol. The molecule has 0 saturated heterocycles. The normalized spacial score (nSPS) is 12.2. The van der Waals surface area contributed by atoms with Gasteiger partial charge in [-0.1, -0.05) is 17.8 Å². The van der Waals surface area contributed by atoms with Crippen molar-refractivity contribution in [1.29, 1.82) is 0 Å². The Labute approximate surface area is 133 Å². The summed E-state index contributed by atoms with van der Waals surface area (Å²) in [5.41, 5.74) is -0.960. The van der Waals surface area contributed by atoms with Gasteiger partial charge in [-0.2, -0.15) is 13.2 Å². The van der Waals surface area contributed by atoms with Gasteiger partial charge in [0.2, 0.25) is 0 Å². The van der Waals surface area contributed by atoms with E-state index in [1.807, 2.05) is 0 Å². The van der Waals surface area contributed by atoms with Crippen LogP contribution in [0.15, 0.2) is 52.4 Å². The highest BCUT2D eigenvalue weighted by Gasteiger charge is 2.32. The number of rotatable bonds is 4. The van der Waals surface area contributed by atoms with Crippen LogP contribution in [0.2, 0.25) is 0 Å². The lowest BCUT2D eigenvalue weighted by atomic mass is 10.3. The Morgan fingerprint density at radius 3 is 2.27 bits per heavy atom. The summed E-state index contributed by atoms with van der Waals surface area (Å²) in [4.78, 5) is 22.2. The maximum absolute atomic E-state index is 12.6. The van der Waals surface area contributed by atoms with E-state index in [0.29, 0.717) is 4.90 Å². The first kappa shape index (κ1) is 17.2. The smallest absolute Gasteiger partial charge is 0.424 e. The van der Waals surface area contributed by atoms with Crippen molar-refractivity contribution in [2.24, 2.45) is 0 Å². The van der Waals surface area contributed by atoms with Crippen LogP contribution >= 0.6 is 18.5 Å². The summed E-state index contributed by atoms with van der Waals surface area (Å²) in [6, 6.07) is 9.61. The first-order valence-electron chi connectivity index (χ1n) is 5.71. The summed E-state index contributed by atoms with van der Waals surface area (Å²) in [5, 5.41) is 0.193. The van der Waals surface area contributed by atoms with Crippen molar-refractivity contribution < 1.29 is 27.5 Å². The minimum Gasteiger partial charge on any atom is -0.424 e. The zero-order chi connectivity index (χ0) is 16.4. The van der Waals surface area contributed by atoms with Gasteiger partial charge in [0, 0.05) is 16.7 Å². The van der Waals surface area contributed by atoms with Crippen molar-refractivity contribution in [3.8, 4) is 5.75 Å². The molecule has 0 bridgehead atoms. The van der Waals surface area contributed by atoms with Crippen molar-refractivity contribution in [2.45, 2.75) is 16.1 Å². The van der Waals surface area contributed by atoms with Gasteiger partial charge in [-0.3, -0.25) is 0 Å². The molecule has 2 rings (SSSR count). The van der Waals surface area contributed by atoms with Crippen LogP contribution in [0.5, 0.6) is 5.75 Å². The summed E-state index contributed by atoms with van der Waals surface area (Å²) < 4.78 is 42.5. The van der Waals surface area contributed by atoms with E-state index in [9.17, 15) is 13.2 Å². The van der Waals surface area contributed by atoms with Gasteiger partial charge in [0.15, 0.2) is 0 Å². The van der Waals surface area contributed by atoms with Crippen molar-refractivity contribution >= 4 is 30.3 Å². The maximum atomic E-state index is 12.6. The molecule has 0 unspecified atom stereocenters. The zero-order valence-corrected chi connectivity index (χ0v) is 13.2. The number of nitrogens with zero attached hydrogens (tertiary/aromatic N) is 1. The fraction of sp³-hybridized carbons (Fsp3) is 0.0833. The number of hydrogen-bond acceptors (Lipinski definition) is 4. The Kier molecular flexibility index (Phi) is 5.14. The molecule has 0 aliphatic heterocycles. The molecule has 22 heavy (non-hydrogen) atoms. The van der Waals surface area contributed by atoms with Crippen LogP contribution < -0.4 is 4.52 Å². The number of hydrogen-bond donors (Lipinski definition) is 2. The minimum absolute atomic E-state index is 0.162. The fourth-order valence-electron chi connectivity index (χ4n) is 1.46. The molecule has 2 N–H and O–H groups in total. The molecule has 0 aliphatic carbocycles. The molecule has 0 spiro atoms. The maximum Gasteiger partial charge on any atom is 0.433 e. The van der Waals surface area contributed by atoms with E-state index in [-0.39, 0.29) is 10.8 Å². The number of aromatic nitrogens is 1. The van der Waals surface area contributed by atoms with Crippen molar-refractivity contribution in [2.75, 3.05) is 0 Å². The lowest BCUT2D eigenvalue weighted by Crippen LogP contribution is -2.07. The van der Waals surface area contributed by atoms with Crippen LogP contribution in [0.1, 0.15) is 5.69 Å². The molecule has 0 radical (unpaired) electrons. The third-order valence-electron chi connectivity index (χ3n) is 2.28. The highest BCUT2D eigenvalue weighted by molar-refractivity contribution is 8.06. The van der Waals surface area contributed by atoms with Crippen LogP contribution in [-0.4, -0.2) is 14.8 Å². The Balaban J connectivity index is 2.13. The summed E-state index contributed by atoms with van der Waals surface area (Å²) in [6.07, 6.45) is -4.49. The molecule has 10 heteroatoms. The van der Waals surface area contributed by atoms with E-state index in [0.717, 1.165) is 17.8 Å². The van der Waals surface area contributed by atoms with E-state index in [1.54, 1.807) is 12.1 Å². The molecule has 1 heterocycles. The van der Waals surface area contributed by atoms with Gasteiger partial charge in [-0.05, 0) is 36.4 Å². The van der Waals surface area contributed by atoms with Gasteiger partial charge in [-0.25, -0.2) is 4.98 Å². The summed E-state index contributed by atoms with van der Waals surface area (Å²) >= 11 is 5.37. The molecule has 0 aliphatic rings.